The van der Waals surface area contributed by atoms with Crippen LogP contribution in [0.1, 0.15) is 22.3 Å². The van der Waals surface area contributed by atoms with Crippen LogP contribution in [0.2, 0.25) is 0 Å². The molecule has 0 aliphatic rings. The van der Waals surface area contributed by atoms with Crippen LogP contribution < -0.4 is 4.74 Å². The average molecular weight is 234 g/mol. The highest BCUT2D eigenvalue weighted by atomic mass is 16.5. The fraction of sp³-hybridized carbons (Fsp3) is 0.167. The van der Waals surface area contributed by atoms with Crippen molar-refractivity contribution in [2.45, 2.75) is 6.42 Å². The molecule has 5 heteroatoms. The van der Waals surface area contributed by atoms with Crippen LogP contribution in [0.3, 0.4) is 0 Å². The van der Waals surface area contributed by atoms with Gasteiger partial charge < -0.3 is 14.9 Å². The standard InChI is InChI=1S/C12H10O5/c1-17-11-6-8(3-2-4-12(15)16)9(7-13)5-10(11)14/h5-7,14H,4H2,1H3,(H,15,16). The Labute approximate surface area is 97.6 Å². The van der Waals surface area contributed by atoms with Crippen molar-refractivity contribution in [3.8, 4) is 23.3 Å². The normalized spacial score (nSPS) is 9.00. The van der Waals surface area contributed by atoms with Gasteiger partial charge in [0.15, 0.2) is 17.8 Å². The van der Waals surface area contributed by atoms with Crippen LogP contribution in [0.25, 0.3) is 0 Å². The Bertz CT molecular complexity index is 508. The number of phenolic OH excluding ortho intramolecular Hbond substituents is 1. The highest BCUT2D eigenvalue weighted by Crippen LogP contribution is 2.28. The molecule has 0 amide bonds. The lowest BCUT2D eigenvalue weighted by atomic mass is 10.1. The van der Waals surface area contributed by atoms with Crippen LogP contribution in [0.15, 0.2) is 12.1 Å². The summed E-state index contributed by atoms with van der Waals surface area (Å²) in [6.07, 6.45) is 0.214. The second-order valence-electron chi connectivity index (χ2n) is 3.10. The van der Waals surface area contributed by atoms with E-state index in [1.807, 2.05) is 0 Å². The van der Waals surface area contributed by atoms with Crippen LogP contribution in [-0.2, 0) is 4.79 Å². The van der Waals surface area contributed by atoms with Gasteiger partial charge in [0.2, 0.25) is 0 Å². The summed E-state index contributed by atoms with van der Waals surface area (Å²) in [5.41, 5.74) is 0.497. The summed E-state index contributed by atoms with van der Waals surface area (Å²) in [6.45, 7) is 0. The van der Waals surface area contributed by atoms with E-state index in [1.54, 1.807) is 0 Å². The summed E-state index contributed by atoms with van der Waals surface area (Å²) in [6, 6.07) is 2.60. The molecule has 0 saturated heterocycles. The molecule has 1 aromatic carbocycles. The van der Waals surface area contributed by atoms with E-state index in [1.165, 1.54) is 19.2 Å². The van der Waals surface area contributed by atoms with Crippen LogP contribution in [0.4, 0.5) is 0 Å². The molecule has 0 saturated carbocycles. The lowest BCUT2D eigenvalue weighted by molar-refractivity contribution is -0.135. The van der Waals surface area contributed by atoms with E-state index in [0.717, 1.165) is 0 Å². The Kier molecular flexibility index (Phi) is 4.12. The minimum absolute atomic E-state index is 0.168. The van der Waals surface area contributed by atoms with Gasteiger partial charge in [-0.1, -0.05) is 11.8 Å². The Hall–Kier alpha value is -2.48. The molecule has 0 heterocycles. The predicted octanol–water partition coefficient (Wildman–Crippen LogP) is 1.04. The minimum atomic E-state index is -1.05. The SMILES string of the molecule is COc1cc(C#CCC(=O)O)c(C=O)cc1O. The summed E-state index contributed by atoms with van der Waals surface area (Å²) < 4.78 is 4.86. The summed E-state index contributed by atoms with van der Waals surface area (Å²) in [4.78, 5) is 21.0. The van der Waals surface area contributed by atoms with Crippen LogP contribution in [0.5, 0.6) is 11.5 Å². The van der Waals surface area contributed by atoms with Crippen molar-refractivity contribution < 1.29 is 24.5 Å². The van der Waals surface area contributed by atoms with Gasteiger partial charge in [0.05, 0.1) is 7.11 Å². The molecular weight excluding hydrogens is 224 g/mol. The topological polar surface area (TPSA) is 83.8 Å². The number of carboxylic acids is 1. The molecule has 2 N–H and O–H groups in total. The predicted molar refractivity (Wildman–Crippen MR) is 59.2 cm³/mol. The highest BCUT2D eigenvalue weighted by molar-refractivity contribution is 5.81. The van der Waals surface area contributed by atoms with Gasteiger partial charge in [0.1, 0.15) is 6.42 Å². The number of benzene rings is 1. The van der Waals surface area contributed by atoms with E-state index >= 15 is 0 Å². The number of carbonyl (C=O) groups is 2. The Balaban J connectivity index is 3.15. The van der Waals surface area contributed by atoms with Crippen molar-refractivity contribution in [2.75, 3.05) is 7.11 Å². The number of phenols is 1. The van der Waals surface area contributed by atoms with E-state index in [4.69, 9.17) is 9.84 Å². The van der Waals surface area contributed by atoms with Gasteiger partial charge in [0, 0.05) is 17.2 Å². The first-order valence-corrected chi connectivity index (χ1v) is 4.65. The lowest BCUT2D eigenvalue weighted by Crippen LogP contribution is -1.93. The molecule has 5 nitrogen and oxygen atoms in total. The smallest absolute Gasteiger partial charge is 0.315 e. The van der Waals surface area contributed by atoms with Gasteiger partial charge >= 0.3 is 5.97 Å². The number of carbonyl (C=O) groups excluding carboxylic acids is 1. The first-order chi connectivity index (χ1) is 8.08. The molecule has 0 unspecified atom stereocenters. The van der Waals surface area contributed by atoms with E-state index in [2.05, 4.69) is 11.8 Å². The number of aromatic hydroxyl groups is 1. The molecule has 0 aliphatic heterocycles. The third-order valence-electron chi connectivity index (χ3n) is 1.94. The highest BCUT2D eigenvalue weighted by Gasteiger charge is 2.07. The summed E-state index contributed by atoms with van der Waals surface area (Å²) >= 11 is 0. The summed E-state index contributed by atoms with van der Waals surface area (Å²) in [7, 11) is 1.37. The molecular formula is C12H10O5. The van der Waals surface area contributed by atoms with Crippen molar-refractivity contribution in [1.29, 1.82) is 0 Å². The molecule has 0 atom stereocenters. The molecule has 0 aromatic heterocycles. The average Bonchev–Trinajstić information content (AvgIpc) is 2.30. The van der Waals surface area contributed by atoms with Gasteiger partial charge in [-0.25, -0.2) is 0 Å². The molecule has 1 aromatic rings. The van der Waals surface area contributed by atoms with Crippen molar-refractivity contribution in [3.63, 3.8) is 0 Å². The number of rotatable bonds is 3. The largest absolute Gasteiger partial charge is 0.504 e. The fourth-order valence-electron chi connectivity index (χ4n) is 1.17. The maximum atomic E-state index is 10.7. The zero-order valence-corrected chi connectivity index (χ0v) is 9.06. The van der Waals surface area contributed by atoms with Gasteiger partial charge in [0.25, 0.3) is 0 Å². The Morgan fingerprint density at radius 3 is 2.76 bits per heavy atom. The second kappa shape index (κ2) is 5.56. The molecule has 0 radical (unpaired) electrons. The number of ether oxygens (including phenoxy) is 1. The second-order valence-corrected chi connectivity index (χ2v) is 3.10. The number of aldehydes is 1. The van der Waals surface area contributed by atoms with Crippen molar-refractivity contribution in [2.24, 2.45) is 0 Å². The number of carboxylic acid groups (broad SMARTS) is 1. The van der Waals surface area contributed by atoms with Crippen molar-refractivity contribution >= 4 is 12.3 Å². The van der Waals surface area contributed by atoms with Crippen LogP contribution >= 0.6 is 0 Å². The van der Waals surface area contributed by atoms with Gasteiger partial charge in [-0.2, -0.15) is 0 Å². The van der Waals surface area contributed by atoms with Crippen molar-refractivity contribution in [3.05, 3.63) is 23.3 Å². The number of aliphatic carboxylic acids is 1. The van der Waals surface area contributed by atoms with Crippen molar-refractivity contribution in [1.82, 2.24) is 0 Å². The Morgan fingerprint density at radius 1 is 1.53 bits per heavy atom. The van der Waals surface area contributed by atoms with E-state index in [0.29, 0.717) is 11.8 Å². The monoisotopic (exact) mass is 234 g/mol. The third kappa shape index (κ3) is 3.24. The van der Waals surface area contributed by atoms with Crippen LogP contribution in [-0.4, -0.2) is 29.6 Å². The van der Waals surface area contributed by atoms with E-state index in [9.17, 15) is 14.7 Å². The maximum Gasteiger partial charge on any atom is 0.315 e. The number of hydrogen-bond acceptors (Lipinski definition) is 4. The Morgan fingerprint density at radius 2 is 2.24 bits per heavy atom. The molecule has 0 aliphatic carbocycles. The molecule has 0 spiro atoms. The first kappa shape index (κ1) is 12.6. The van der Waals surface area contributed by atoms with E-state index < -0.39 is 5.97 Å². The molecule has 0 fully saturated rings. The minimum Gasteiger partial charge on any atom is -0.504 e. The third-order valence-corrected chi connectivity index (χ3v) is 1.94. The van der Waals surface area contributed by atoms with Crippen LogP contribution in [0, 0.1) is 11.8 Å². The zero-order chi connectivity index (χ0) is 12.8. The lowest BCUT2D eigenvalue weighted by Gasteiger charge is -2.05. The van der Waals surface area contributed by atoms with Gasteiger partial charge in [-0.3, -0.25) is 9.59 Å². The molecule has 0 bridgehead atoms. The fourth-order valence-corrected chi connectivity index (χ4v) is 1.17. The molecule has 1 rings (SSSR count). The maximum absolute atomic E-state index is 10.7. The quantitative estimate of drug-likeness (QED) is 0.603. The summed E-state index contributed by atoms with van der Waals surface area (Å²) in [5.74, 6) is 3.91. The van der Waals surface area contributed by atoms with Gasteiger partial charge in [-0.15, -0.1) is 0 Å². The van der Waals surface area contributed by atoms with E-state index in [-0.39, 0.29) is 23.5 Å². The number of hydrogen-bond donors (Lipinski definition) is 2. The summed E-state index contributed by atoms with van der Waals surface area (Å²) in [5, 5.41) is 17.9. The number of methoxy groups -OCH3 is 1. The zero-order valence-electron chi connectivity index (χ0n) is 9.06. The molecule has 17 heavy (non-hydrogen) atoms. The molecule has 88 valence electrons. The van der Waals surface area contributed by atoms with Gasteiger partial charge in [-0.05, 0) is 6.07 Å². The first-order valence-electron chi connectivity index (χ1n) is 4.65.